The Labute approximate surface area is 115 Å². The number of benzene rings is 2. The zero-order valence-corrected chi connectivity index (χ0v) is 10.5. The molecule has 3 rings (SSSR count). The molecule has 0 saturated carbocycles. The lowest BCUT2D eigenvalue weighted by atomic mass is 10.1. The molecule has 0 atom stereocenters. The Hall–Kier alpha value is -2.69. The Morgan fingerprint density at radius 2 is 1.85 bits per heavy atom. The minimum Gasteiger partial charge on any atom is -0.508 e. The number of aromatic hydroxyl groups is 1. The third-order valence-electron chi connectivity index (χ3n) is 2.86. The predicted molar refractivity (Wildman–Crippen MR) is 70.0 cm³/mol. The lowest BCUT2D eigenvalue weighted by molar-refractivity contribution is -0.133. The van der Waals surface area contributed by atoms with Crippen molar-refractivity contribution in [1.29, 1.82) is 0 Å². The molecule has 0 radical (unpaired) electrons. The molecular formula is C15H12O5. The Balaban J connectivity index is 1.65. The van der Waals surface area contributed by atoms with Crippen LogP contribution in [-0.4, -0.2) is 17.9 Å². The van der Waals surface area contributed by atoms with Crippen LogP contribution in [0.1, 0.15) is 5.56 Å². The summed E-state index contributed by atoms with van der Waals surface area (Å²) >= 11 is 0. The van der Waals surface area contributed by atoms with Gasteiger partial charge in [0.2, 0.25) is 6.79 Å². The van der Waals surface area contributed by atoms with Crippen molar-refractivity contribution in [2.45, 2.75) is 6.42 Å². The third kappa shape index (κ3) is 2.66. The Kier molecular flexibility index (Phi) is 3.16. The summed E-state index contributed by atoms with van der Waals surface area (Å²) in [6.45, 7) is 0.181. The van der Waals surface area contributed by atoms with Crippen molar-refractivity contribution in [2.75, 3.05) is 6.79 Å². The molecule has 1 aliphatic rings. The van der Waals surface area contributed by atoms with Gasteiger partial charge >= 0.3 is 5.97 Å². The third-order valence-corrected chi connectivity index (χ3v) is 2.86. The van der Waals surface area contributed by atoms with E-state index in [2.05, 4.69) is 0 Å². The minimum atomic E-state index is -0.380. The fraction of sp³-hybridized carbons (Fsp3) is 0.133. The molecule has 1 aliphatic heterocycles. The molecule has 0 saturated heterocycles. The highest BCUT2D eigenvalue weighted by Gasteiger charge is 2.15. The van der Waals surface area contributed by atoms with Crippen molar-refractivity contribution in [2.24, 2.45) is 0 Å². The Bertz CT molecular complexity index is 633. The number of ether oxygens (including phenoxy) is 3. The van der Waals surface area contributed by atoms with Crippen molar-refractivity contribution >= 4 is 5.97 Å². The second-order valence-electron chi connectivity index (χ2n) is 4.33. The molecule has 0 aliphatic carbocycles. The van der Waals surface area contributed by atoms with E-state index in [9.17, 15) is 9.90 Å². The van der Waals surface area contributed by atoms with Crippen LogP contribution in [0.25, 0.3) is 0 Å². The number of carbonyl (C=O) groups excluding carboxylic acids is 1. The molecule has 0 spiro atoms. The van der Waals surface area contributed by atoms with Crippen LogP contribution in [0.2, 0.25) is 0 Å². The molecule has 1 heterocycles. The monoisotopic (exact) mass is 272 g/mol. The molecule has 1 N–H and O–H groups in total. The number of hydrogen-bond acceptors (Lipinski definition) is 5. The van der Waals surface area contributed by atoms with Gasteiger partial charge in [0.1, 0.15) is 11.5 Å². The highest BCUT2D eigenvalue weighted by atomic mass is 16.7. The zero-order chi connectivity index (χ0) is 13.9. The Morgan fingerprint density at radius 3 is 2.65 bits per heavy atom. The molecule has 5 heteroatoms. The van der Waals surface area contributed by atoms with Crippen LogP contribution in [-0.2, 0) is 11.2 Å². The maximum Gasteiger partial charge on any atom is 0.315 e. The molecule has 20 heavy (non-hydrogen) atoms. The number of fused-ring (bicyclic) bond motifs is 1. The fourth-order valence-corrected chi connectivity index (χ4v) is 1.89. The van der Waals surface area contributed by atoms with E-state index in [-0.39, 0.29) is 24.9 Å². The first-order chi connectivity index (χ1) is 9.70. The molecule has 0 bridgehead atoms. The summed E-state index contributed by atoms with van der Waals surface area (Å²) in [6.07, 6.45) is 0.134. The van der Waals surface area contributed by atoms with Gasteiger partial charge in [-0.15, -0.1) is 0 Å². The van der Waals surface area contributed by atoms with Gasteiger partial charge in [0, 0.05) is 6.07 Å². The lowest BCUT2D eigenvalue weighted by Crippen LogP contribution is -2.11. The van der Waals surface area contributed by atoms with E-state index in [0.29, 0.717) is 17.2 Å². The van der Waals surface area contributed by atoms with Gasteiger partial charge in [-0.05, 0) is 29.8 Å². The van der Waals surface area contributed by atoms with Crippen molar-refractivity contribution < 1.29 is 24.1 Å². The number of carbonyl (C=O) groups is 1. The average molecular weight is 272 g/mol. The molecule has 0 aromatic heterocycles. The second kappa shape index (κ2) is 5.13. The van der Waals surface area contributed by atoms with Gasteiger partial charge in [0.15, 0.2) is 11.5 Å². The van der Waals surface area contributed by atoms with Gasteiger partial charge in [-0.2, -0.15) is 0 Å². The zero-order valence-electron chi connectivity index (χ0n) is 10.5. The minimum absolute atomic E-state index is 0.134. The van der Waals surface area contributed by atoms with E-state index in [1.54, 1.807) is 30.3 Å². The van der Waals surface area contributed by atoms with E-state index in [0.717, 1.165) is 5.56 Å². The average Bonchev–Trinajstić information content (AvgIpc) is 2.89. The maximum atomic E-state index is 11.8. The van der Waals surface area contributed by atoms with E-state index in [4.69, 9.17) is 14.2 Å². The highest BCUT2D eigenvalue weighted by molar-refractivity contribution is 5.75. The molecular weight excluding hydrogens is 260 g/mol. The van der Waals surface area contributed by atoms with Gasteiger partial charge < -0.3 is 19.3 Å². The highest BCUT2D eigenvalue weighted by Crippen LogP contribution is 2.35. The van der Waals surface area contributed by atoms with Gasteiger partial charge in [0.25, 0.3) is 0 Å². The lowest BCUT2D eigenvalue weighted by Gasteiger charge is -2.05. The first-order valence-corrected chi connectivity index (χ1v) is 6.09. The smallest absolute Gasteiger partial charge is 0.315 e. The normalized spacial score (nSPS) is 12.2. The standard InChI is InChI=1S/C15H12O5/c16-11-3-1-10(2-4-11)7-15(17)20-12-5-6-13-14(8-12)19-9-18-13/h1-6,8,16H,7,9H2. The fourth-order valence-electron chi connectivity index (χ4n) is 1.89. The summed E-state index contributed by atoms with van der Waals surface area (Å²) in [7, 11) is 0. The number of phenols is 1. The molecule has 0 fully saturated rings. The summed E-state index contributed by atoms with van der Waals surface area (Å²) in [6, 6.07) is 11.4. The van der Waals surface area contributed by atoms with E-state index in [1.165, 1.54) is 12.1 Å². The summed E-state index contributed by atoms with van der Waals surface area (Å²) in [4.78, 5) is 11.8. The van der Waals surface area contributed by atoms with Crippen molar-refractivity contribution in [1.82, 2.24) is 0 Å². The summed E-state index contributed by atoms with van der Waals surface area (Å²) in [5.41, 5.74) is 0.772. The first kappa shape index (κ1) is 12.3. The first-order valence-electron chi connectivity index (χ1n) is 6.09. The summed E-state index contributed by atoms with van der Waals surface area (Å²) in [5, 5.41) is 9.17. The summed E-state index contributed by atoms with van der Waals surface area (Å²) < 4.78 is 15.6. The summed E-state index contributed by atoms with van der Waals surface area (Å²) in [5.74, 6) is 1.41. The SMILES string of the molecule is O=C(Cc1ccc(O)cc1)Oc1ccc2c(c1)OCO2. The van der Waals surface area contributed by atoms with E-state index in [1.807, 2.05) is 0 Å². The second-order valence-corrected chi connectivity index (χ2v) is 4.33. The number of esters is 1. The van der Waals surface area contributed by atoms with E-state index >= 15 is 0 Å². The van der Waals surface area contributed by atoms with Crippen molar-refractivity contribution in [3.8, 4) is 23.0 Å². The molecule has 2 aromatic rings. The molecule has 5 nitrogen and oxygen atoms in total. The van der Waals surface area contributed by atoms with Gasteiger partial charge in [-0.3, -0.25) is 4.79 Å². The van der Waals surface area contributed by atoms with Crippen molar-refractivity contribution in [3.63, 3.8) is 0 Å². The largest absolute Gasteiger partial charge is 0.508 e. The van der Waals surface area contributed by atoms with Gasteiger partial charge in [-0.1, -0.05) is 12.1 Å². The van der Waals surface area contributed by atoms with Crippen LogP contribution >= 0.6 is 0 Å². The maximum absolute atomic E-state index is 11.8. The van der Waals surface area contributed by atoms with Crippen LogP contribution in [0.15, 0.2) is 42.5 Å². The molecule has 0 amide bonds. The predicted octanol–water partition coefficient (Wildman–Crippen LogP) is 2.27. The van der Waals surface area contributed by atoms with Crippen LogP contribution in [0.3, 0.4) is 0 Å². The molecule has 2 aromatic carbocycles. The molecule has 0 unspecified atom stereocenters. The number of hydrogen-bond donors (Lipinski definition) is 1. The topological polar surface area (TPSA) is 65.0 Å². The quantitative estimate of drug-likeness (QED) is 0.686. The van der Waals surface area contributed by atoms with Gasteiger partial charge in [-0.25, -0.2) is 0 Å². The molecule has 102 valence electrons. The van der Waals surface area contributed by atoms with E-state index < -0.39 is 0 Å². The van der Waals surface area contributed by atoms with Crippen LogP contribution in [0.5, 0.6) is 23.0 Å². The van der Waals surface area contributed by atoms with Crippen LogP contribution in [0, 0.1) is 0 Å². The van der Waals surface area contributed by atoms with Crippen molar-refractivity contribution in [3.05, 3.63) is 48.0 Å². The number of phenolic OH excluding ortho intramolecular Hbond substituents is 1. The number of rotatable bonds is 3. The van der Waals surface area contributed by atoms with Crippen LogP contribution < -0.4 is 14.2 Å². The van der Waals surface area contributed by atoms with Crippen LogP contribution in [0.4, 0.5) is 0 Å². The van der Waals surface area contributed by atoms with Gasteiger partial charge in [0.05, 0.1) is 6.42 Å². The Morgan fingerprint density at radius 1 is 1.10 bits per heavy atom.